The summed E-state index contributed by atoms with van der Waals surface area (Å²) in [6.07, 6.45) is 0. The lowest BCUT2D eigenvalue weighted by atomic mass is 10.1. The van der Waals surface area contributed by atoms with Crippen LogP contribution in [0.25, 0.3) is 0 Å². The first kappa shape index (κ1) is 14.3. The average Bonchev–Trinajstić information content (AvgIpc) is 2.34. The van der Waals surface area contributed by atoms with Gasteiger partial charge in [0, 0.05) is 39.8 Å². The number of nitrogens with two attached hydrogens (primary N) is 1. The van der Waals surface area contributed by atoms with Crippen molar-refractivity contribution in [2.75, 3.05) is 51.9 Å². The van der Waals surface area contributed by atoms with Crippen molar-refractivity contribution in [2.45, 2.75) is 0 Å². The van der Waals surface area contributed by atoms with Crippen LogP contribution in [0, 0.1) is 0 Å². The molecule has 0 aliphatic heterocycles. The Balaban J connectivity index is 2.89. The molecule has 1 amide bonds. The number of nitrogens with one attached hydrogen (secondary N) is 1. The molecule has 0 saturated carbocycles. The van der Waals surface area contributed by atoms with Gasteiger partial charge in [0.2, 0.25) is 0 Å². The van der Waals surface area contributed by atoms with E-state index in [1.165, 1.54) is 0 Å². The number of carbonyl (C=O) groups is 1. The van der Waals surface area contributed by atoms with Crippen molar-refractivity contribution in [1.29, 1.82) is 0 Å². The van der Waals surface area contributed by atoms with E-state index < -0.39 is 0 Å². The first-order valence-corrected chi connectivity index (χ1v) is 5.94. The van der Waals surface area contributed by atoms with Crippen molar-refractivity contribution in [3.63, 3.8) is 0 Å². The zero-order valence-electron chi connectivity index (χ0n) is 11.5. The minimum absolute atomic E-state index is 0.0360. The van der Waals surface area contributed by atoms with Gasteiger partial charge in [-0.25, -0.2) is 0 Å². The number of hydrogen-bond donors (Lipinski definition) is 2. The molecule has 18 heavy (non-hydrogen) atoms. The van der Waals surface area contributed by atoms with E-state index in [9.17, 15) is 4.79 Å². The third-order valence-corrected chi connectivity index (χ3v) is 2.79. The van der Waals surface area contributed by atoms with Gasteiger partial charge in [-0.3, -0.25) is 4.79 Å². The summed E-state index contributed by atoms with van der Waals surface area (Å²) in [7, 11) is 7.35. The van der Waals surface area contributed by atoms with E-state index in [4.69, 9.17) is 5.73 Å². The van der Waals surface area contributed by atoms with Crippen LogP contribution in [0.15, 0.2) is 18.2 Å². The molecular weight excluding hydrogens is 228 g/mol. The maximum Gasteiger partial charge on any atom is 0.253 e. The molecule has 1 aromatic carbocycles. The summed E-state index contributed by atoms with van der Waals surface area (Å²) in [6, 6.07) is 5.43. The molecule has 5 heteroatoms. The van der Waals surface area contributed by atoms with Gasteiger partial charge in [0.25, 0.3) is 5.91 Å². The van der Waals surface area contributed by atoms with Crippen molar-refractivity contribution in [1.82, 2.24) is 10.2 Å². The predicted molar refractivity (Wildman–Crippen MR) is 76.1 cm³/mol. The Bertz CT molecular complexity index is 417. The maximum absolute atomic E-state index is 11.8. The Hall–Kier alpha value is -1.75. The van der Waals surface area contributed by atoms with Crippen LogP contribution < -0.4 is 16.0 Å². The van der Waals surface area contributed by atoms with E-state index in [2.05, 4.69) is 10.2 Å². The lowest BCUT2D eigenvalue weighted by molar-refractivity contribution is 0.0827. The SMILES string of the molecule is CNCCN(C)c1ccc(C(=O)N(C)C)cc1N. The van der Waals surface area contributed by atoms with Crippen molar-refractivity contribution in [3.8, 4) is 0 Å². The van der Waals surface area contributed by atoms with Crippen molar-refractivity contribution < 1.29 is 4.79 Å². The van der Waals surface area contributed by atoms with Crippen LogP contribution in [-0.2, 0) is 0 Å². The first-order valence-electron chi connectivity index (χ1n) is 5.94. The second-order valence-corrected chi connectivity index (χ2v) is 4.50. The quantitative estimate of drug-likeness (QED) is 0.752. The van der Waals surface area contributed by atoms with Crippen LogP contribution in [-0.4, -0.2) is 52.1 Å². The second-order valence-electron chi connectivity index (χ2n) is 4.50. The summed E-state index contributed by atoms with van der Waals surface area (Å²) in [5.74, 6) is -0.0360. The van der Waals surface area contributed by atoms with Gasteiger partial charge in [-0.2, -0.15) is 0 Å². The standard InChI is InChI=1S/C13H22N4O/c1-15-7-8-17(4)12-6-5-10(9-11(12)14)13(18)16(2)3/h5-6,9,15H,7-8,14H2,1-4H3. The van der Waals surface area contributed by atoms with E-state index in [0.29, 0.717) is 11.3 Å². The number of anilines is 2. The van der Waals surface area contributed by atoms with E-state index in [0.717, 1.165) is 18.8 Å². The van der Waals surface area contributed by atoms with Crippen molar-refractivity contribution in [3.05, 3.63) is 23.8 Å². The zero-order chi connectivity index (χ0) is 13.7. The summed E-state index contributed by atoms with van der Waals surface area (Å²) < 4.78 is 0. The Morgan fingerprint density at radius 1 is 1.33 bits per heavy atom. The van der Waals surface area contributed by atoms with Crippen LogP contribution in [0.2, 0.25) is 0 Å². The average molecular weight is 250 g/mol. The number of nitrogen functional groups attached to an aromatic ring is 1. The number of nitrogens with zero attached hydrogens (tertiary/aromatic N) is 2. The zero-order valence-corrected chi connectivity index (χ0v) is 11.5. The maximum atomic E-state index is 11.8. The Morgan fingerprint density at radius 2 is 2.00 bits per heavy atom. The summed E-state index contributed by atoms with van der Waals surface area (Å²) in [6.45, 7) is 1.75. The number of likely N-dealkylation sites (N-methyl/N-ethyl adjacent to an activating group) is 2. The Morgan fingerprint density at radius 3 is 2.50 bits per heavy atom. The second kappa shape index (κ2) is 6.26. The van der Waals surface area contributed by atoms with Gasteiger partial charge in [0.15, 0.2) is 0 Å². The van der Waals surface area contributed by atoms with Gasteiger partial charge in [-0.15, -0.1) is 0 Å². The predicted octanol–water partition coefficient (Wildman–Crippen LogP) is 0.626. The highest BCUT2D eigenvalue weighted by Gasteiger charge is 2.11. The fourth-order valence-electron chi connectivity index (χ4n) is 1.69. The van der Waals surface area contributed by atoms with E-state index >= 15 is 0 Å². The molecular formula is C13H22N4O. The molecule has 1 aromatic rings. The smallest absolute Gasteiger partial charge is 0.253 e. The third kappa shape index (κ3) is 3.37. The van der Waals surface area contributed by atoms with Crippen LogP contribution in [0.1, 0.15) is 10.4 Å². The summed E-state index contributed by atoms with van der Waals surface area (Å²) in [5.41, 5.74) is 8.18. The van der Waals surface area contributed by atoms with Gasteiger partial charge in [0.1, 0.15) is 0 Å². The fourth-order valence-corrected chi connectivity index (χ4v) is 1.69. The molecule has 5 nitrogen and oxygen atoms in total. The number of benzene rings is 1. The van der Waals surface area contributed by atoms with E-state index in [-0.39, 0.29) is 5.91 Å². The molecule has 0 spiro atoms. The largest absolute Gasteiger partial charge is 0.397 e. The molecule has 0 aliphatic carbocycles. The van der Waals surface area contributed by atoms with Gasteiger partial charge in [0.05, 0.1) is 11.4 Å². The van der Waals surface area contributed by atoms with Gasteiger partial charge in [-0.1, -0.05) is 0 Å². The molecule has 0 radical (unpaired) electrons. The monoisotopic (exact) mass is 250 g/mol. The number of carbonyl (C=O) groups excluding carboxylic acids is 1. The van der Waals surface area contributed by atoms with Crippen molar-refractivity contribution >= 4 is 17.3 Å². The number of hydrogen-bond acceptors (Lipinski definition) is 4. The van der Waals surface area contributed by atoms with E-state index in [1.54, 1.807) is 25.1 Å². The van der Waals surface area contributed by atoms with Gasteiger partial charge >= 0.3 is 0 Å². The molecule has 3 N–H and O–H groups in total. The topological polar surface area (TPSA) is 61.6 Å². The summed E-state index contributed by atoms with van der Waals surface area (Å²) in [4.78, 5) is 15.4. The van der Waals surface area contributed by atoms with Crippen LogP contribution in [0.5, 0.6) is 0 Å². The molecule has 0 heterocycles. The molecule has 0 aliphatic rings. The molecule has 1 rings (SSSR count). The highest BCUT2D eigenvalue weighted by Crippen LogP contribution is 2.23. The fraction of sp³-hybridized carbons (Fsp3) is 0.462. The summed E-state index contributed by atoms with van der Waals surface area (Å²) in [5, 5.41) is 3.09. The molecule has 0 bridgehead atoms. The number of amides is 1. The van der Waals surface area contributed by atoms with E-state index in [1.807, 2.05) is 26.2 Å². The summed E-state index contributed by atoms with van der Waals surface area (Å²) >= 11 is 0. The molecule has 0 aromatic heterocycles. The van der Waals surface area contributed by atoms with Crippen LogP contribution >= 0.6 is 0 Å². The van der Waals surface area contributed by atoms with Gasteiger partial charge in [-0.05, 0) is 25.2 Å². The molecule has 0 atom stereocenters. The van der Waals surface area contributed by atoms with Gasteiger partial charge < -0.3 is 20.9 Å². The highest BCUT2D eigenvalue weighted by atomic mass is 16.2. The minimum Gasteiger partial charge on any atom is -0.397 e. The third-order valence-electron chi connectivity index (χ3n) is 2.79. The first-order chi connectivity index (χ1) is 8.47. The highest BCUT2D eigenvalue weighted by molar-refractivity contribution is 5.95. The number of rotatable bonds is 5. The van der Waals surface area contributed by atoms with Crippen molar-refractivity contribution in [2.24, 2.45) is 0 Å². The molecule has 0 unspecified atom stereocenters. The molecule has 0 saturated heterocycles. The normalized spacial score (nSPS) is 10.2. The minimum atomic E-state index is -0.0360. The van der Waals surface area contributed by atoms with Crippen LogP contribution in [0.4, 0.5) is 11.4 Å². The lowest BCUT2D eigenvalue weighted by Gasteiger charge is -2.21. The molecule has 0 fully saturated rings. The lowest BCUT2D eigenvalue weighted by Crippen LogP contribution is -2.28. The Labute approximate surface area is 109 Å². The molecule has 100 valence electrons. The Kier molecular flexibility index (Phi) is 4.97. The van der Waals surface area contributed by atoms with Crippen LogP contribution in [0.3, 0.4) is 0 Å².